The number of carbonyl (C=O) groups is 1. The first-order chi connectivity index (χ1) is 10.2. The molecule has 3 nitrogen and oxygen atoms in total. The van der Waals surface area contributed by atoms with Gasteiger partial charge in [-0.3, -0.25) is 4.79 Å². The van der Waals surface area contributed by atoms with Crippen LogP contribution in [-0.4, -0.2) is 29.9 Å². The summed E-state index contributed by atoms with van der Waals surface area (Å²) >= 11 is 0. The predicted molar refractivity (Wildman–Crippen MR) is 87.1 cm³/mol. The van der Waals surface area contributed by atoms with E-state index in [2.05, 4.69) is 24.0 Å². The Labute approximate surface area is 128 Å². The Hall–Kier alpha value is -1.35. The molecule has 2 N–H and O–H groups in total. The molecule has 0 spiro atoms. The van der Waals surface area contributed by atoms with Gasteiger partial charge in [-0.2, -0.15) is 0 Å². The predicted octanol–water partition coefficient (Wildman–Crippen LogP) is 3.05. The SMILES string of the molecule is Cc1ccccc1CC(=O)N(CCCN)C1CCCCC1. The third kappa shape index (κ3) is 4.57. The number of amides is 1. The van der Waals surface area contributed by atoms with E-state index >= 15 is 0 Å². The molecule has 1 fully saturated rings. The van der Waals surface area contributed by atoms with Gasteiger partial charge in [-0.1, -0.05) is 43.5 Å². The van der Waals surface area contributed by atoms with Gasteiger partial charge >= 0.3 is 0 Å². The molecule has 1 aliphatic rings. The van der Waals surface area contributed by atoms with Crippen LogP contribution in [0.3, 0.4) is 0 Å². The fourth-order valence-corrected chi connectivity index (χ4v) is 3.24. The number of nitrogens with zero attached hydrogens (tertiary/aromatic N) is 1. The zero-order valence-corrected chi connectivity index (χ0v) is 13.2. The van der Waals surface area contributed by atoms with Crippen LogP contribution < -0.4 is 5.73 Å². The summed E-state index contributed by atoms with van der Waals surface area (Å²) in [6.07, 6.45) is 7.55. The Morgan fingerprint density at radius 3 is 2.62 bits per heavy atom. The van der Waals surface area contributed by atoms with Gasteiger partial charge in [0.25, 0.3) is 0 Å². The second-order valence-corrected chi connectivity index (χ2v) is 6.12. The maximum Gasteiger partial charge on any atom is 0.227 e. The van der Waals surface area contributed by atoms with Crippen LogP contribution in [0.1, 0.15) is 49.7 Å². The maximum atomic E-state index is 12.8. The summed E-state index contributed by atoms with van der Waals surface area (Å²) < 4.78 is 0. The summed E-state index contributed by atoms with van der Waals surface area (Å²) in [6.45, 7) is 3.54. The molecule has 1 amide bonds. The number of benzene rings is 1. The highest BCUT2D eigenvalue weighted by atomic mass is 16.2. The van der Waals surface area contributed by atoms with E-state index in [0.717, 1.165) is 31.4 Å². The van der Waals surface area contributed by atoms with Crippen molar-refractivity contribution in [3.8, 4) is 0 Å². The van der Waals surface area contributed by atoms with Crippen molar-refractivity contribution >= 4 is 5.91 Å². The number of hydrogen-bond donors (Lipinski definition) is 1. The van der Waals surface area contributed by atoms with Gasteiger partial charge in [0, 0.05) is 12.6 Å². The zero-order chi connectivity index (χ0) is 15.1. The Kier molecular flexibility index (Phi) is 6.24. The topological polar surface area (TPSA) is 46.3 Å². The average molecular weight is 288 g/mol. The fraction of sp³-hybridized carbons (Fsp3) is 0.611. The van der Waals surface area contributed by atoms with Crippen LogP contribution in [0.2, 0.25) is 0 Å². The van der Waals surface area contributed by atoms with Crippen molar-refractivity contribution in [3.05, 3.63) is 35.4 Å². The summed E-state index contributed by atoms with van der Waals surface area (Å²) in [5.74, 6) is 0.268. The molecule has 0 aromatic heterocycles. The molecule has 2 rings (SSSR count). The molecule has 1 aromatic rings. The van der Waals surface area contributed by atoms with Gasteiger partial charge in [0.05, 0.1) is 6.42 Å². The number of nitrogens with two attached hydrogens (primary N) is 1. The highest BCUT2D eigenvalue weighted by Crippen LogP contribution is 2.23. The summed E-state index contributed by atoms with van der Waals surface area (Å²) in [4.78, 5) is 14.9. The lowest BCUT2D eigenvalue weighted by atomic mass is 9.93. The second-order valence-electron chi connectivity index (χ2n) is 6.12. The third-order valence-corrected chi connectivity index (χ3v) is 4.54. The first-order valence-corrected chi connectivity index (χ1v) is 8.26. The Morgan fingerprint density at radius 1 is 1.24 bits per heavy atom. The fourth-order valence-electron chi connectivity index (χ4n) is 3.24. The normalized spacial score (nSPS) is 15.9. The van der Waals surface area contributed by atoms with E-state index in [0.29, 0.717) is 19.0 Å². The summed E-state index contributed by atoms with van der Waals surface area (Å²) in [5, 5.41) is 0. The molecule has 0 atom stereocenters. The lowest BCUT2D eigenvalue weighted by Crippen LogP contribution is -2.43. The highest BCUT2D eigenvalue weighted by molar-refractivity contribution is 5.79. The quantitative estimate of drug-likeness (QED) is 0.874. The van der Waals surface area contributed by atoms with Crippen LogP contribution in [0.4, 0.5) is 0 Å². The average Bonchev–Trinajstić information content (AvgIpc) is 2.51. The van der Waals surface area contributed by atoms with E-state index in [1.807, 2.05) is 12.1 Å². The van der Waals surface area contributed by atoms with Crippen molar-refractivity contribution < 1.29 is 4.79 Å². The monoisotopic (exact) mass is 288 g/mol. The van der Waals surface area contributed by atoms with E-state index in [9.17, 15) is 4.79 Å². The molecule has 0 unspecified atom stereocenters. The largest absolute Gasteiger partial charge is 0.339 e. The van der Waals surface area contributed by atoms with Crippen LogP contribution in [0.15, 0.2) is 24.3 Å². The third-order valence-electron chi connectivity index (χ3n) is 4.54. The van der Waals surface area contributed by atoms with Crippen LogP contribution >= 0.6 is 0 Å². The van der Waals surface area contributed by atoms with E-state index in [-0.39, 0.29) is 5.91 Å². The van der Waals surface area contributed by atoms with Crippen LogP contribution in [0.25, 0.3) is 0 Å². The van der Waals surface area contributed by atoms with Crippen LogP contribution in [0, 0.1) is 6.92 Å². The summed E-state index contributed by atoms with van der Waals surface area (Å²) in [7, 11) is 0. The molecule has 3 heteroatoms. The number of rotatable bonds is 6. The first-order valence-electron chi connectivity index (χ1n) is 8.26. The molecule has 0 aliphatic heterocycles. The number of hydrogen-bond acceptors (Lipinski definition) is 2. The summed E-state index contributed by atoms with van der Waals surface area (Å²) in [5.41, 5.74) is 8.00. The molecule has 0 bridgehead atoms. The van der Waals surface area contributed by atoms with Gasteiger partial charge in [0.15, 0.2) is 0 Å². The molecular formula is C18H28N2O. The van der Waals surface area contributed by atoms with Gasteiger partial charge in [0.2, 0.25) is 5.91 Å². The summed E-state index contributed by atoms with van der Waals surface area (Å²) in [6, 6.07) is 8.61. The first kappa shape index (κ1) is 16.0. The van der Waals surface area contributed by atoms with Crippen molar-refractivity contribution in [2.45, 2.75) is 57.9 Å². The Morgan fingerprint density at radius 2 is 1.95 bits per heavy atom. The van der Waals surface area contributed by atoms with Crippen molar-refractivity contribution in [1.82, 2.24) is 4.90 Å². The maximum absolute atomic E-state index is 12.8. The molecular weight excluding hydrogens is 260 g/mol. The van der Waals surface area contributed by atoms with E-state index in [1.165, 1.54) is 24.8 Å². The number of carbonyl (C=O) groups excluding carboxylic acids is 1. The Balaban J connectivity index is 2.04. The minimum atomic E-state index is 0.268. The zero-order valence-electron chi connectivity index (χ0n) is 13.2. The minimum Gasteiger partial charge on any atom is -0.339 e. The molecule has 1 aromatic carbocycles. The van der Waals surface area contributed by atoms with Gasteiger partial charge < -0.3 is 10.6 Å². The molecule has 0 saturated heterocycles. The van der Waals surface area contributed by atoms with Gasteiger partial charge in [-0.15, -0.1) is 0 Å². The number of aryl methyl sites for hydroxylation is 1. The lowest BCUT2D eigenvalue weighted by molar-refractivity contribution is -0.133. The molecule has 0 heterocycles. The van der Waals surface area contributed by atoms with Crippen molar-refractivity contribution in [3.63, 3.8) is 0 Å². The second kappa shape index (κ2) is 8.18. The molecule has 1 saturated carbocycles. The smallest absolute Gasteiger partial charge is 0.227 e. The molecule has 0 radical (unpaired) electrons. The molecule has 116 valence electrons. The van der Waals surface area contributed by atoms with Gasteiger partial charge in [0.1, 0.15) is 0 Å². The minimum absolute atomic E-state index is 0.268. The molecule has 1 aliphatic carbocycles. The Bertz CT molecular complexity index is 452. The van der Waals surface area contributed by atoms with Gasteiger partial charge in [-0.05, 0) is 43.9 Å². The van der Waals surface area contributed by atoms with E-state index in [4.69, 9.17) is 5.73 Å². The van der Waals surface area contributed by atoms with Crippen LogP contribution in [-0.2, 0) is 11.2 Å². The standard InChI is InChI=1S/C18H28N2O/c1-15-8-5-6-9-16(15)14-18(21)20(13-7-12-19)17-10-3-2-4-11-17/h5-6,8-9,17H,2-4,7,10-14,19H2,1H3. The van der Waals surface area contributed by atoms with Crippen molar-refractivity contribution in [2.24, 2.45) is 5.73 Å². The van der Waals surface area contributed by atoms with Crippen LogP contribution in [0.5, 0.6) is 0 Å². The van der Waals surface area contributed by atoms with E-state index in [1.54, 1.807) is 0 Å². The van der Waals surface area contributed by atoms with Gasteiger partial charge in [-0.25, -0.2) is 0 Å². The van der Waals surface area contributed by atoms with E-state index < -0.39 is 0 Å². The van der Waals surface area contributed by atoms with Crippen molar-refractivity contribution in [2.75, 3.05) is 13.1 Å². The highest BCUT2D eigenvalue weighted by Gasteiger charge is 2.25. The molecule has 21 heavy (non-hydrogen) atoms. The van der Waals surface area contributed by atoms with Crippen molar-refractivity contribution in [1.29, 1.82) is 0 Å². The lowest BCUT2D eigenvalue weighted by Gasteiger charge is -2.34.